The van der Waals surface area contributed by atoms with E-state index in [-0.39, 0.29) is 11.5 Å². The van der Waals surface area contributed by atoms with E-state index in [9.17, 15) is 18.3 Å². The van der Waals surface area contributed by atoms with Crippen molar-refractivity contribution >= 4 is 0 Å². The third-order valence-electron chi connectivity index (χ3n) is 4.46. The van der Waals surface area contributed by atoms with E-state index in [0.717, 1.165) is 6.42 Å². The molecule has 1 aliphatic rings. The van der Waals surface area contributed by atoms with Gasteiger partial charge in [0.05, 0.1) is 12.6 Å². The molecule has 0 bridgehead atoms. The Morgan fingerprint density at radius 2 is 1.70 bits per heavy atom. The summed E-state index contributed by atoms with van der Waals surface area (Å²) in [6.45, 7) is 8.95. The van der Waals surface area contributed by atoms with Gasteiger partial charge >= 0.3 is 6.18 Å². The van der Waals surface area contributed by atoms with E-state index < -0.39 is 24.9 Å². The number of aliphatic hydroxyl groups is 1. The van der Waals surface area contributed by atoms with Gasteiger partial charge in [0.1, 0.15) is 0 Å². The second kappa shape index (κ2) is 6.22. The summed E-state index contributed by atoms with van der Waals surface area (Å²) in [7, 11) is 0. The molecule has 3 atom stereocenters. The molecule has 20 heavy (non-hydrogen) atoms. The van der Waals surface area contributed by atoms with Crippen LogP contribution in [0, 0.1) is 11.3 Å². The Labute approximate surface area is 120 Å². The van der Waals surface area contributed by atoms with Crippen molar-refractivity contribution in [3.63, 3.8) is 0 Å². The highest BCUT2D eigenvalue weighted by molar-refractivity contribution is 4.92. The minimum absolute atomic E-state index is 0.0687. The molecule has 1 N–H and O–H groups in total. The van der Waals surface area contributed by atoms with E-state index in [2.05, 4.69) is 20.8 Å². The summed E-state index contributed by atoms with van der Waals surface area (Å²) in [5.74, 6) is 0.352. The normalized spacial score (nSPS) is 29.2. The molecule has 1 aliphatic carbocycles. The fourth-order valence-electron chi connectivity index (χ4n) is 3.16. The Bertz CT molecular complexity index is 309. The van der Waals surface area contributed by atoms with Gasteiger partial charge < -0.3 is 5.11 Å². The lowest BCUT2D eigenvalue weighted by Crippen LogP contribution is -2.54. The Hall–Kier alpha value is -0.290. The highest BCUT2D eigenvalue weighted by Gasteiger charge is 2.42. The predicted molar refractivity (Wildman–Crippen MR) is 74.5 cm³/mol. The van der Waals surface area contributed by atoms with Gasteiger partial charge in [-0.1, -0.05) is 20.8 Å². The maximum atomic E-state index is 12.8. The highest BCUT2D eigenvalue weighted by atomic mass is 19.4. The Morgan fingerprint density at radius 1 is 1.15 bits per heavy atom. The topological polar surface area (TPSA) is 23.5 Å². The van der Waals surface area contributed by atoms with E-state index in [1.165, 1.54) is 4.90 Å². The smallest absolute Gasteiger partial charge is 0.391 e. The standard InChI is InChI=1S/C15H28F3NO/c1-10(2)19(9-15(16,17)18)12-8-11(14(3,4)5)6-7-13(12)20/h10-13,20H,6-9H2,1-5H3. The van der Waals surface area contributed by atoms with Gasteiger partial charge in [-0.3, -0.25) is 4.90 Å². The number of aliphatic hydroxyl groups excluding tert-OH is 1. The van der Waals surface area contributed by atoms with Crippen molar-refractivity contribution < 1.29 is 18.3 Å². The molecule has 0 heterocycles. The van der Waals surface area contributed by atoms with E-state index >= 15 is 0 Å². The Kier molecular flexibility index (Phi) is 5.53. The molecule has 1 saturated carbocycles. The quantitative estimate of drug-likeness (QED) is 0.855. The van der Waals surface area contributed by atoms with Gasteiger partial charge in [0.2, 0.25) is 0 Å². The van der Waals surface area contributed by atoms with Gasteiger partial charge in [-0.2, -0.15) is 13.2 Å². The number of nitrogens with zero attached hydrogens (tertiary/aromatic N) is 1. The zero-order chi connectivity index (χ0) is 15.7. The molecule has 3 unspecified atom stereocenters. The molecule has 120 valence electrons. The van der Waals surface area contributed by atoms with Crippen LogP contribution < -0.4 is 0 Å². The average molecular weight is 295 g/mol. The molecular weight excluding hydrogens is 267 g/mol. The van der Waals surface area contributed by atoms with Crippen LogP contribution in [0.1, 0.15) is 53.9 Å². The molecule has 5 heteroatoms. The Morgan fingerprint density at radius 3 is 2.10 bits per heavy atom. The van der Waals surface area contributed by atoms with Crippen LogP contribution in [0.15, 0.2) is 0 Å². The number of halogens is 3. The SMILES string of the molecule is CC(C)N(CC(F)(F)F)C1CC(C(C)(C)C)CCC1O. The van der Waals surface area contributed by atoms with Crippen molar-refractivity contribution in [3.8, 4) is 0 Å². The van der Waals surface area contributed by atoms with E-state index in [4.69, 9.17) is 0 Å². The monoisotopic (exact) mass is 295 g/mol. The molecule has 2 nitrogen and oxygen atoms in total. The minimum Gasteiger partial charge on any atom is -0.391 e. The highest BCUT2D eigenvalue weighted by Crippen LogP contribution is 2.40. The molecule has 0 radical (unpaired) electrons. The lowest BCUT2D eigenvalue weighted by molar-refractivity contribution is -0.165. The first-order valence-corrected chi connectivity index (χ1v) is 7.42. The van der Waals surface area contributed by atoms with Crippen molar-refractivity contribution in [2.45, 2.75) is 78.2 Å². The van der Waals surface area contributed by atoms with Crippen LogP contribution in [-0.4, -0.2) is 40.9 Å². The van der Waals surface area contributed by atoms with Crippen molar-refractivity contribution in [1.82, 2.24) is 4.90 Å². The summed E-state index contributed by atoms with van der Waals surface area (Å²) >= 11 is 0. The van der Waals surface area contributed by atoms with Gasteiger partial charge in [0, 0.05) is 12.1 Å². The minimum atomic E-state index is -4.22. The van der Waals surface area contributed by atoms with Gasteiger partial charge in [-0.15, -0.1) is 0 Å². The molecule has 0 aromatic heterocycles. The van der Waals surface area contributed by atoms with Crippen molar-refractivity contribution in [3.05, 3.63) is 0 Å². The zero-order valence-corrected chi connectivity index (χ0v) is 13.2. The van der Waals surface area contributed by atoms with E-state index in [1.54, 1.807) is 13.8 Å². The fourth-order valence-corrected chi connectivity index (χ4v) is 3.16. The van der Waals surface area contributed by atoms with Crippen molar-refractivity contribution in [2.24, 2.45) is 11.3 Å². The molecule has 0 aromatic rings. The lowest BCUT2D eigenvalue weighted by atomic mass is 9.70. The molecule has 0 amide bonds. The second-order valence-electron chi connectivity index (χ2n) is 7.39. The van der Waals surface area contributed by atoms with Gasteiger partial charge in [-0.05, 0) is 44.4 Å². The maximum Gasteiger partial charge on any atom is 0.401 e. The maximum absolute atomic E-state index is 12.8. The van der Waals surface area contributed by atoms with Crippen LogP contribution in [0.5, 0.6) is 0 Å². The molecule has 0 aromatic carbocycles. The van der Waals surface area contributed by atoms with Gasteiger partial charge in [0.25, 0.3) is 0 Å². The van der Waals surface area contributed by atoms with Crippen LogP contribution in [0.25, 0.3) is 0 Å². The summed E-state index contributed by atoms with van der Waals surface area (Å²) in [5, 5.41) is 10.2. The van der Waals surface area contributed by atoms with Crippen LogP contribution in [0.3, 0.4) is 0 Å². The number of hydrogen-bond acceptors (Lipinski definition) is 2. The zero-order valence-electron chi connectivity index (χ0n) is 13.2. The summed E-state index contributed by atoms with van der Waals surface area (Å²) in [6.07, 6.45) is -2.76. The molecule has 0 spiro atoms. The molecular formula is C15H28F3NO. The van der Waals surface area contributed by atoms with E-state index in [0.29, 0.717) is 18.8 Å². The molecule has 1 fully saturated rings. The summed E-state index contributed by atoms with van der Waals surface area (Å²) < 4.78 is 38.3. The first-order valence-electron chi connectivity index (χ1n) is 7.42. The van der Waals surface area contributed by atoms with Crippen LogP contribution in [0.4, 0.5) is 13.2 Å². The number of hydrogen-bond donors (Lipinski definition) is 1. The Balaban J connectivity index is 2.87. The average Bonchev–Trinajstić information content (AvgIpc) is 2.23. The lowest BCUT2D eigenvalue weighted by Gasteiger charge is -2.46. The number of rotatable bonds is 3. The van der Waals surface area contributed by atoms with Crippen molar-refractivity contribution in [1.29, 1.82) is 0 Å². The fraction of sp³-hybridized carbons (Fsp3) is 1.00. The second-order valence-corrected chi connectivity index (χ2v) is 7.39. The van der Waals surface area contributed by atoms with E-state index in [1.807, 2.05) is 0 Å². The molecule has 0 saturated heterocycles. The molecule has 1 rings (SSSR count). The largest absolute Gasteiger partial charge is 0.401 e. The third kappa shape index (κ3) is 4.92. The number of alkyl halides is 3. The predicted octanol–water partition coefficient (Wildman–Crippen LogP) is 3.83. The summed E-state index contributed by atoms with van der Waals surface area (Å²) in [5.41, 5.74) is 0.0687. The summed E-state index contributed by atoms with van der Waals surface area (Å²) in [6, 6.07) is -0.621. The van der Waals surface area contributed by atoms with Gasteiger partial charge in [-0.25, -0.2) is 0 Å². The third-order valence-corrected chi connectivity index (χ3v) is 4.46. The van der Waals surface area contributed by atoms with Crippen LogP contribution in [0.2, 0.25) is 0 Å². The summed E-state index contributed by atoms with van der Waals surface area (Å²) in [4.78, 5) is 1.42. The first kappa shape index (κ1) is 17.8. The van der Waals surface area contributed by atoms with Crippen LogP contribution >= 0.6 is 0 Å². The van der Waals surface area contributed by atoms with Crippen LogP contribution in [-0.2, 0) is 0 Å². The molecule has 0 aliphatic heterocycles. The first-order chi connectivity index (χ1) is 8.92. The van der Waals surface area contributed by atoms with Gasteiger partial charge in [0.15, 0.2) is 0 Å². The van der Waals surface area contributed by atoms with Crippen molar-refractivity contribution in [2.75, 3.05) is 6.54 Å².